The average molecular weight is 604 g/mol. The van der Waals surface area contributed by atoms with Gasteiger partial charge in [0.25, 0.3) is 11.8 Å². The van der Waals surface area contributed by atoms with Gasteiger partial charge in [-0.15, -0.1) is 33.9 Å². The van der Waals surface area contributed by atoms with E-state index in [-0.39, 0.29) is 47.9 Å². The minimum atomic E-state index is -0.372. The smallest absolute Gasteiger partial charge is 0.280 e. The number of thiazole rings is 1. The molecular formula is C26H28Cl2N8O3S. The molecule has 1 aromatic carbocycles. The molecule has 6 rings (SSSR count). The number of amides is 2. The summed E-state index contributed by atoms with van der Waals surface area (Å²) in [7, 11) is 2.06. The largest absolute Gasteiger partial charge is 0.346 e. The molecule has 11 nitrogen and oxygen atoms in total. The van der Waals surface area contributed by atoms with Crippen molar-refractivity contribution >= 4 is 58.1 Å². The van der Waals surface area contributed by atoms with Gasteiger partial charge in [0.1, 0.15) is 0 Å². The van der Waals surface area contributed by atoms with E-state index in [0.717, 1.165) is 41.9 Å². The Balaban J connectivity index is 0.00000323. The highest BCUT2D eigenvalue weighted by atomic mass is 35.5. The topological polar surface area (TPSA) is 139 Å². The number of benzene rings is 1. The van der Waals surface area contributed by atoms with Crippen molar-refractivity contribution in [2.24, 2.45) is 0 Å². The molecule has 3 atom stereocenters. The highest BCUT2D eigenvalue weighted by molar-refractivity contribution is 7.13. The Morgan fingerprint density at radius 2 is 1.93 bits per heavy atom. The summed E-state index contributed by atoms with van der Waals surface area (Å²) < 4.78 is 5.44. The van der Waals surface area contributed by atoms with Crippen molar-refractivity contribution in [1.82, 2.24) is 40.9 Å². The molecule has 1 saturated carbocycles. The predicted molar refractivity (Wildman–Crippen MR) is 152 cm³/mol. The zero-order chi connectivity index (χ0) is 27.1. The number of carbonyl (C=O) groups is 2. The summed E-state index contributed by atoms with van der Waals surface area (Å²) in [5.74, 6) is 0.473. The number of hydrogen-bond donors (Lipinski definition) is 2. The van der Waals surface area contributed by atoms with Crippen LogP contribution in [0.2, 0.25) is 5.02 Å². The van der Waals surface area contributed by atoms with Crippen LogP contribution in [0, 0.1) is 6.92 Å². The number of fused-ring (bicyclic) bond motifs is 2. The van der Waals surface area contributed by atoms with Crippen LogP contribution in [0.25, 0.3) is 10.9 Å². The molecule has 2 N–H and O–H groups in total. The van der Waals surface area contributed by atoms with Crippen molar-refractivity contribution in [3.63, 3.8) is 0 Å². The fourth-order valence-corrected chi connectivity index (χ4v) is 6.48. The van der Waals surface area contributed by atoms with Crippen LogP contribution in [0.3, 0.4) is 0 Å². The second kappa shape index (κ2) is 11.7. The minimum absolute atomic E-state index is 0. The van der Waals surface area contributed by atoms with E-state index >= 15 is 0 Å². The zero-order valence-corrected chi connectivity index (χ0v) is 24.3. The number of nitrogens with zero attached hydrogens (tertiary/aromatic N) is 6. The Morgan fingerprint density at radius 1 is 1.10 bits per heavy atom. The summed E-state index contributed by atoms with van der Waals surface area (Å²) >= 11 is 7.47. The van der Waals surface area contributed by atoms with E-state index in [4.69, 9.17) is 16.1 Å². The van der Waals surface area contributed by atoms with Gasteiger partial charge in [-0.3, -0.25) is 9.59 Å². The summed E-state index contributed by atoms with van der Waals surface area (Å²) in [5, 5.41) is 20.2. The maximum atomic E-state index is 13.4. The van der Waals surface area contributed by atoms with Crippen molar-refractivity contribution in [1.29, 1.82) is 0 Å². The molecule has 1 aliphatic heterocycles. The maximum Gasteiger partial charge on any atom is 0.280 e. The average Bonchev–Trinajstić information content (AvgIpc) is 3.55. The highest BCUT2D eigenvalue weighted by Gasteiger charge is 2.36. The maximum absolute atomic E-state index is 13.4. The molecule has 210 valence electrons. The molecule has 0 spiro atoms. The van der Waals surface area contributed by atoms with Crippen molar-refractivity contribution in [3.8, 4) is 0 Å². The number of rotatable bonds is 5. The van der Waals surface area contributed by atoms with Gasteiger partial charge in [-0.1, -0.05) is 22.8 Å². The molecule has 0 unspecified atom stereocenters. The molecule has 0 saturated heterocycles. The van der Waals surface area contributed by atoms with Gasteiger partial charge >= 0.3 is 0 Å². The second-order valence-corrected chi connectivity index (χ2v) is 11.7. The van der Waals surface area contributed by atoms with E-state index in [9.17, 15) is 9.59 Å². The Kier molecular flexibility index (Phi) is 8.31. The first-order valence-electron chi connectivity index (χ1n) is 12.8. The fraction of sp³-hybridized carbons (Fsp3) is 0.423. The van der Waals surface area contributed by atoms with Crippen LogP contribution in [0.4, 0.5) is 0 Å². The van der Waals surface area contributed by atoms with E-state index < -0.39 is 0 Å². The zero-order valence-electron chi connectivity index (χ0n) is 21.9. The van der Waals surface area contributed by atoms with Crippen LogP contribution in [0.15, 0.2) is 28.8 Å². The number of nitrogens with one attached hydrogen (secondary N) is 2. The van der Waals surface area contributed by atoms with E-state index in [1.807, 2.05) is 0 Å². The normalized spacial score (nSPS) is 20.9. The molecule has 4 aromatic rings. The Hall–Kier alpha value is -3.19. The molecule has 14 heteroatoms. The van der Waals surface area contributed by atoms with E-state index in [2.05, 4.69) is 47.9 Å². The molecular weight excluding hydrogens is 575 g/mol. The van der Waals surface area contributed by atoms with Crippen LogP contribution in [0.1, 0.15) is 67.8 Å². The first kappa shape index (κ1) is 28.3. The van der Waals surface area contributed by atoms with E-state index in [0.29, 0.717) is 40.1 Å². The number of carbonyl (C=O) groups excluding carboxylic acids is 2. The van der Waals surface area contributed by atoms with Gasteiger partial charge < -0.3 is 20.1 Å². The number of aryl methyl sites for hydroxylation is 1. The van der Waals surface area contributed by atoms with Crippen molar-refractivity contribution in [2.45, 2.75) is 57.2 Å². The SMILES string of the molecule is Cc1noc([C@H]2CC[C@H](NC(=O)c3cc4ccc(Cl)cc4nn3)[C@H](NC(=O)c3nc4c(s3)CN(C)CC4)C2)n1.Cl. The monoisotopic (exact) mass is 602 g/mol. The standard InChI is InChI=1S/C26H27ClN8O3S.ClH/c1-13-28-25(38-34-13)15-4-6-17(29-23(36)21-9-14-3-5-16(27)11-19(14)32-33-21)20(10-15)30-24(37)26-31-18-7-8-35(2)12-22(18)39-26;/h3,5,9,11,15,17,20H,4,6-8,10,12H2,1-2H3,(H,29,36)(H,30,37);1H/t15-,17-,20+;/m0./s1. The number of hydrogen-bond acceptors (Lipinski definition) is 10. The van der Waals surface area contributed by atoms with Crippen molar-refractivity contribution in [3.05, 3.63) is 62.3 Å². The lowest BCUT2D eigenvalue weighted by Crippen LogP contribution is -2.54. The summed E-state index contributed by atoms with van der Waals surface area (Å²) in [5.41, 5.74) is 1.80. The van der Waals surface area contributed by atoms with Crippen molar-refractivity contribution < 1.29 is 14.1 Å². The third-order valence-corrected chi connectivity index (χ3v) is 8.59. The van der Waals surface area contributed by atoms with Crippen LogP contribution in [-0.4, -0.2) is 67.7 Å². The van der Waals surface area contributed by atoms with Gasteiger partial charge in [0.2, 0.25) is 5.89 Å². The van der Waals surface area contributed by atoms with Gasteiger partial charge in [0.05, 0.1) is 17.3 Å². The van der Waals surface area contributed by atoms with Crippen molar-refractivity contribution in [2.75, 3.05) is 13.6 Å². The molecule has 40 heavy (non-hydrogen) atoms. The van der Waals surface area contributed by atoms with Crippen LogP contribution < -0.4 is 10.6 Å². The lowest BCUT2D eigenvalue weighted by molar-refractivity contribution is 0.0849. The molecule has 2 amide bonds. The lowest BCUT2D eigenvalue weighted by atomic mass is 9.82. The van der Waals surface area contributed by atoms with Gasteiger partial charge in [0.15, 0.2) is 16.5 Å². The predicted octanol–water partition coefficient (Wildman–Crippen LogP) is 3.71. The lowest BCUT2D eigenvalue weighted by Gasteiger charge is -2.35. The summed E-state index contributed by atoms with van der Waals surface area (Å²) in [6.07, 6.45) is 2.70. The highest BCUT2D eigenvalue weighted by Crippen LogP contribution is 2.33. The molecule has 4 heterocycles. The second-order valence-electron chi connectivity index (χ2n) is 10.2. The Labute approximate surface area is 245 Å². The molecule has 1 fully saturated rings. The van der Waals surface area contributed by atoms with Gasteiger partial charge in [-0.25, -0.2) is 4.98 Å². The van der Waals surface area contributed by atoms with E-state index in [1.54, 1.807) is 31.2 Å². The third-order valence-electron chi connectivity index (χ3n) is 7.27. The molecule has 0 radical (unpaired) electrons. The van der Waals surface area contributed by atoms with Gasteiger partial charge in [0, 0.05) is 46.8 Å². The number of halogens is 2. The molecule has 0 bridgehead atoms. The van der Waals surface area contributed by atoms with Gasteiger partial charge in [-0.05, 0) is 51.4 Å². The molecule has 2 aliphatic rings. The summed E-state index contributed by atoms with van der Waals surface area (Å²) in [6.45, 7) is 3.49. The number of aromatic nitrogens is 5. The van der Waals surface area contributed by atoms with Crippen LogP contribution in [0.5, 0.6) is 0 Å². The molecule has 1 aliphatic carbocycles. The Bertz CT molecular complexity index is 1560. The van der Waals surface area contributed by atoms with Gasteiger partial charge in [-0.2, -0.15) is 4.98 Å². The quantitative estimate of drug-likeness (QED) is 0.350. The minimum Gasteiger partial charge on any atom is -0.346 e. The first-order chi connectivity index (χ1) is 18.8. The third kappa shape index (κ3) is 5.95. The molecule has 3 aromatic heterocycles. The summed E-state index contributed by atoms with van der Waals surface area (Å²) in [4.78, 5) is 39.0. The Morgan fingerprint density at radius 3 is 2.73 bits per heavy atom. The van der Waals surface area contributed by atoms with Crippen LogP contribution in [-0.2, 0) is 13.0 Å². The van der Waals surface area contributed by atoms with E-state index in [1.165, 1.54) is 11.3 Å². The fourth-order valence-electron chi connectivity index (χ4n) is 5.22. The summed E-state index contributed by atoms with van der Waals surface area (Å²) in [6, 6.07) is 6.23. The first-order valence-corrected chi connectivity index (χ1v) is 14.0. The van der Waals surface area contributed by atoms with Crippen LogP contribution >= 0.6 is 35.3 Å². The number of likely N-dealkylation sites (N-methyl/N-ethyl adjacent to an activating group) is 1.